The molecule has 0 radical (unpaired) electrons. The van der Waals surface area contributed by atoms with Crippen LogP contribution in [0.2, 0.25) is 0 Å². The van der Waals surface area contributed by atoms with Crippen molar-refractivity contribution >= 4 is 22.5 Å². The lowest BCUT2D eigenvalue weighted by atomic mass is 10.6. The van der Waals surface area contributed by atoms with Gasteiger partial charge >= 0.3 is 0 Å². The van der Waals surface area contributed by atoms with Gasteiger partial charge in [0.05, 0.1) is 90.2 Å². The van der Waals surface area contributed by atoms with Crippen LogP contribution in [-0.4, -0.2) is 106 Å². The Bertz CT molecular complexity index is 254. The molecule has 26 heavy (non-hydrogen) atoms. The van der Waals surface area contributed by atoms with Crippen LogP contribution in [0.25, 0.3) is 0 Å². The average molecular weight is 425 g/mol. The van der Waals surface area contributed by atoms with Crippen LogP contribution in [0.15, 0.2) is 0 Å². The predicted molar refractivity (Wildman–Crippen MR) is 99.4 cm³/mol. The van der Waals surface area contributed by atoms with E-state index in [0.717, 1.165) is 0 Å². The van der Waals surface area contributed by atoms with E-state index in [2.05, 4.69) is 0 Å². The van der Waals surface area contributed by atoms with Crippen LogP contribution in [0.1, 0.15) is 6.42 Å². The van der Waals surface area contributed by atoms with E-state index in [0.29, 0.717) is 37.9 Å². The summed E-state index contributed by atoms with van der Waals surface area (Å²) < 4.78 is 33.1. The molecular weight excluding hydrogens is 392 g/mol. The number of aliphatic hydroxyl groups is 3. The standard InChI is InChI=1S/C15H33ClO9S/c16-2-1-15-26(23-12-9-20-6-3-17,24-13-10-21-7-4-18)25-14-11-22-8-5-19/h17-19H,1-15H2. The second kappa shape index (κ2) is 20.0. The van der Waals surface area contributed by atoms with E-state index in [1.807, 2.05) is 0 Å². The van der Waals surface area contributed by atoms with Crippen LogP contribution in [0.4, 0.5) is 0 Å². The SMILES string of the molecule is OCCOCCOS(CCCCl)(OCCOCCO)OCCOCCO. The van der Waals surface area contributed by atoms with E-state index in [-0.39, 0.29) is 59.5 Å². The van der Waals surface area contributed by atoms with E-state index in [9.17, 15) is 0 Å². The highest BCUT2D eigenvalue weighted by Gasteiger charge is 2.27. The van der Waals surface area contributed by atoms with Crippen LogP contribution in [0.5, 0.6) is 0 Å². The first-order chi connectivity index (χ1) is 12.7. The topological polar surface area (TPSA) is 116 Å². The van der Waals surface area contributed by atoms with Gasteiger partial charge in [0, 0.05) is 11.6 Å². The fraction of sp³-hybridized carbons (Fsp3) is 1.00. The number of hydrogen-bond donors (Lipinski definition) is 3. The Morgan fingerprint density at radius 2 is 0.962 bits per heavy atom. The molecule has 3 N–H and O–H groups in total. The highest BCUT2D eigenvalue weighted by atomic mass is 35.5. The van der Waals surface area contributed by atoms with Crippen molar-refractivity contribution in [3.05, 3.63) is 0 Å². The molecule has 160 valence electrons. The van der Waals surface area contributed by atoms with Gasteiger partial charge in [-0.2, -0.15) is 0 Å². The normalized spacial score (nSPS) is 12.6. The van der Waals surface area contributed by atoms with Crippen molar-refractivity contribution in [2.45, 2.75) is 6.42 Å². The first-order valence-electron chi connectivity index (χ1n) is 8.60. The third-order valence-electron chi connectivity index (χ3n) is 2.71. The Balaban J connectivity index is 4.52. The van der Waals surface area contributed by atoms with Crippen molar-refractivity contribution in [3.63, 3.8) is 0 Å². The van der Waals surface area contributed by atoms with Crippen molar-refractivity contribution in [1.82, 2.24) is 0 Å². The fourth-order valence-corrected chi connectivity index (χ4v) is 3.98. The van der Waals surface area contributed by atoms with Crippen molar-refractivity contribution in [3.8, 4) is 0 Å². The molecule has 0 spiro atoms. The second-order valence-electron chi connectivity index (χ2n) is 4.78. The van der Waals surface area contributed by atoms with Crippen molar-refractivity contribution < 1.29 is 42.1 Å². The summed E-state index contributed by atoms with van der Waals surface area (Å²) in [5.41, 5.74) is 0. The van der Waals surface area contributed by atoms with Crippen LogP contribution in [-0.2, 0) is 26.8 Å². The number of alkyl halides is 1. The lowest BCUT2D eigenvalue weighted by molar-refractivity contribution is 0.0396. The molecule has 9 nitrogen and oxygen atoms in total. The summed E-state index contributed by atoms with van der Waals surface area (Å²) in [6, 6.07) is 0. The maximum absolute atomic E-state index is 8.73. The molecule has 0 aromatic carbocycles. The second-order valence-corrected chi connectivity index (χ2v) is 7.39. The molecule has 0 amide bonds. The molecule has 0 rings (SSSR count). The van der Waals surface area contributed by atoms with Gasteiger partial charge in [-0.1, -0.05) is 0 Å². The highest BCUT2D eigenvalue weighted by molar-refractivity contribution is 8.21. The minimum Gasteiger partial charge on any atom is -0.394 e. The zero-order valence-corrected chi connectivity index (χ0v) is 16.8. The Hall–Kier alpha value is 0.280. The molecule has 0 atom stereocenters. The molecule has 0 aliphatic heterocycles. The zero-order valence-electron chi connectivity index (χ0n) is 15.2. The number of halogens is 1. The minimum atomic E-state index is -2.33. The number of ether oxygens (including phenoxy) is 3. The molecule has 0 saturated carbocycles. The summed E-state index contributed by atoms with van der Waals surface area (Å²) >= 11 is 5.80. The van der Waals surface area contributed by atoms with E-state index < -0.39 is 10.9 Å². The van der Waals surface area contributed by atoms with Crippen LogP contribution >= 0.6 is 22.5 Å². The number of aliphatic hydroxyl groups excluding tert-OH is 3. The molecule has 0 aromatic rings. The largest absolute Gasteiger partial charge is 0.394 e. The molecule has 0 bridgehead atoms. The Labute approximate surface area is 162 Å². The Kier molecular flexibility index (Phi) is 20.2. The van der Waals surface area contributed by atoms with Crippen molar-refractivity contribution in [2.24, 2.45) is 0 Å². The molecule has 0 fully saturated rings. The van der Waals surface area contributed by atoms with Crippen LogP contribution < -0.4 is 0 Å². The minimum absolute atomic E-state index is 0.0539. The van der Waals surface area contributed by atoms with Gasteiger partial charge in [-0.05, 0) is 6.42 Å². The van der Waals surface area contributed by atoms with Gasteiger partial charge < -0.3 is 29.5 Å². The van der Waals surface area contributed by atoms with Gasteiger partial charge in [-0.25, -0.2) is 0 Å². The van der Waals surface area contributed by atoms with Gasteiger partial charge in [-0.3, -0.25) is 12.5 Å². The van der Waals surface area contributed by atoms with Crippen molar-refractivity contribution in [1.29, 1.82) is 0 Å². The number of rotatable bonds is 21. The third kappa shape index (κ3) is 15.3. The summed E-state index contributed by atoms with van der Waals surface area (Å²) in [6.07, 6.45) is 0.642. The zero-order chi connectivity index (χ0) is 19.3. The van der Waals surface area contributed by atoms with Gasteiger partial charge in [0.2, 0.25) is 0 Å². The quantitative estimate of drug-likeness (QED) is 0.176. The van der Waals surface area contributed by atoms with E-state index in [1.54, 1.807) is 0 Å². The lowest BCUT2D eigenvalue weighted by Crippen LogP contribution is -2.23. The van der Waals surface area contributed by atoms with Crippen molar-refractivity contribution in [2.75, 3.05) is 90.9 Å². The summed E-state index contributed by atoms with van der Waals surface area (Å²) in [5, 5.41) is 26.2. The fourth-order valence-electron chi connectivity index (χ4n) is 1.67. The van der Waals surface area contributed by atoms with Crippen LogP contribution in [0.3, 0.4) is 0 Å². The molecular formula is C15H33ClO9S. The number of hydrogen-bond acceptors (Lipinski definition) is 9. The smallest absolute Gasteiger partial charge is 0.0890 e. The summed E-state index contributed by atoms with van der Waals surface area (Å²) in [4.78, 5) is 0. The third-order valence-corrected chi connectivity index (χ3v) is 5.34. The summed E-state index contributed by atoms with van der Waals surface area (Å²) in [7, 11) is -2.33. The van der Waals surface area contributed by atoms with Crippen LogP contribution in [0, 0.1) is 0 Å². The van der Waals surface area contributed by atoms with Gasteiger partial charge in [0.15, 0.2) is 0 Å². The maximum atomic E-state index is 8.73. The highest BCUT2D eigenvalue weighted by Crippen LogP contribution is 2.52. The monoisotopic (exact) mass is 424 g/mol. The van der Waals surface area contributed by atoms with Gasteiger partial charge in [-0.15, -0.1) is 11.6 Å². The molecule has 0 aliphatic carbocycles. The summed E-state index contributed by atoms with van der Waals surface area (Å²) in [6.45, 7) is 2.16. The Morgan fingerprint density at radius 1 is 0.577 bits per heavy atom. The molecule has 0 unspecified atom stereocenters. The van der Waals surface area contributed by atoms with E-state index in [1.165, 1.54) is 0 Å². The lowest BCUT2D eigenvalue weighted by Gasteiger charge is -2.37. The molecule has 0 aromatic heterocycles. The molecule has 0 heterocycles. The van der Waals surface area contributed by atoms with Gasteiger partial charge in [0.25, 0.3) is 0 Å². The summed E-state index contributed by atoms with van der Waals surface area (Å²) in [5.74, 6) is 0.921. The average Bonchev–Trinajstić information content (AvgIpc) is 2.65. The molecule has 11 heteroatoms. The first-order valence-corrected chi connectivity index (χ1v) is 10.7. The van der Waals surface area contributed by atoms with E-state index in [4.69, 9.17) is 53.7 Å². The predicted octanol–water partition coefficient (Wildman–Crippen LogP) is 0.241. The maximum Gasteiger partial charge on any atom is 0.0890 e. The van der Waals surface area contributed by atoms with E-state index >= 15 is 0 Å². The van der Waals surface area contributed by atoms with Gasteiger partial charge in [0.1, 0.15) is 0 Å². The first kappa shape index (κ1) is 26.3. The molecule has 0 aliphatic rings. The Morgan fingerprint density at radius 3 is 1.27 bits per heavy atom. The molecule has 0 saturated heterocycles.